The van der Waals surface area contributed by atoms with Gasteiger partial charge in [-0.3, -0.25) is 4.90 Å². The molecule has 0 bridgehead atoms. The number of aliphatic hydroxyl groups is 1. The summed E-state index contributed by atoms with van der Waals surface area (Å²) in [7, 11) is 0. The Morgan fingerprint density at radius 2 is 1.95 bits per heavy atom. The third-order valence-corrected chi connectivity index (χ3v) is 4.58. The number of aryl methyl sites for hydroxylation is 1. The van der Waals surface area contributed by atoms with Gasteiger partial charge in [-0.1, -0.05) is 36.4 Å². The fourth-order valence-electron chi connectivity index (χ4n) is 3.37. The first kappa shape index (κ1) is 15.2. The van der Waals surface area contributed by atoms with Crippen LogP contribution in [-0.4, -0.2) is 22.8 Å². The van der Waals surface area contributed by atoms with Gasteiger partial charge in [0.1, 0.15) is 12.0 Å². The summed E-state index contributed by atoms with van der Waals surface area (Å²) in [4.78, 5) is 2.12. The van der Waals surface area contributed by atoms with Crippen LogP contribution >= 0.6 is 0 Å². The van der Waals surface area contributed by atoms with Crippen molar-refractivity contribution in [2.75, 3.05) is 6.54 Å². The topological polar surface area (TPSA) is 23.5 Å². The van der Waals surface area contributed by atoms with Crippen molar-refractivity contribution in [1.82, 2.24) is 4.90 Å². The molecule has 1 aliphatic heterocycles. The maximum absolute atomic E-state index is 13.2. The molecule has 0 aromatic heterocycles. The Bertz CT molecular complexity index is 629. The van der Waals surface area contributed by atoms with E-state index in [1.165, 1.54) is 17.2 Å². The van der Waals surface area contributed by atoms with Crippen molar-refractivity contribution in [3.63, 3.8) is 0 Å². The molecule has 1 saturated heterocycles. The number of nitrogens with zero attached hydrogens (tertiary/aromatic N) is 1. The summed E-state index contributed by atoms with van der Waals surface area (Å²) < 4.78 is 13.2. The summed E-state index contributed by atoms with van der Waals surface area (Å²) in [5.74, 6) is 0.117. The lowest BCUT2D eigenvalue weighted by atomic mass is 9.86. The molecule has 1 N–H and O–H groups in total. The first-order valence-corrected chi connectivity index (χ1v) is 7.85. The van der Waals surface area contributed by atoms with Crippen molar-refractivity contribution < 1.29 is 9.50 Å². The minimum Gasteiger partial charge on any atom is -0.378 e. The van der Waals surface area contributed by atoms with Gasteiger partial charge in [0.25, 0.3) is 0 Å². The van der Waals surface area contributed by atoms with Crippen LogP contribution in [0.25, 0.3) is 0 Å². The molecule has 3 heteroatoms. The molecular weight excluding hydrogens is 277 g/mol. The normalized spacial score (nSPS) is 22.7. The Kier molecular flexibility index (Phi) is 4.55. The fraction of sp³-hybridized carbons (Fsp3) is 0.368. The Morgan fingerprint density at radius 1 is 1.18 bits per heavy atom. The SMILES string of the molecule is Cc1cc(F)ccc1C1CCN(Cc2ccccc2)C(O)C1. The van der Waals surface area contributed by atoms with Crippen molar-refractivity contribution >= 4 is 0 Å². The highest BCUT2D eigenvalue weighted by atomic mass is 19.1. The molecule has 2 unspecified atom stereocenters. The molecule has 3 rings (SSSR count). The largest absolute Gasteiger partial charge is 0.378 e. The molecular formula is C19H22FNO. The van der Waals surface area contributed by atoms with E-state index in [0.717, 1.165) is 25.1 Å². The van der Waals surface area contributed by atoms with E-state index in [1.54, 1.807) is 6.07 Å². The quantitative estimate of drug-likeness (QED) is 0.931. The van der Waals surface area contributed by atoms with E-state index in [1.807, 2.05) is 31.2 Å². The summed E-state index contributed by atoms with van der Waals surface area (Å²) in [5, 5.41) is 10.5. The molecule has 0 radical (unpaired) electrons. The monoisotopic (exact) mass is 299 g/mol. The predicted molar refractivity (Wildman–Crippen MR) is 86.0 cm³/mol. The van der Waals surface area contributed by atoms with Crippen LogP contribution in [0.1, 0.15) is 35.4 Å². The highest BCUT2D eigenvalue weighted by molar-refractivity contribution is 5.30. The maximum atomic E-state index is 13.2. The third-order valence-electron chi connectivity index (χ3n) is 4.58. The van der Waals surface area contributed by atoms with Crippen LogP contribution in [0.2, 0.25) is 0 Å². The minimum atomic E-state index is -0.441. The number of benzene rings is 2. The smallest absolute Gasteiger partial charge is 0.123 e. The van der Waals surface area contributed by atoms with Crippen LogP contribution in [0.5, 0.6) is 0 Å². The zero-order valence-corrected chi connectivity index (χ0v) is 12.9. The van der Waals surface area contributed by atoms with Gasteiger partial charge < -0.3 is 5.11 Å². The molecule has 1 aliphatic rings. The van der Waals surface area contributed by atoms with Crippen LogP contribution in [0.3, 0.4) is 0 Å². The zero-order valence-electron chi connectivity index (χ0n) is 12.9. The van der Waals surface area contributed by atoms with E-state index in [2.05, 4.69) is 17.0 Å². The molecule has 2 aromatic carbocycles. The number of hydrogen-bond donors (Lipinski definition) is 1. The first-order chi connectivity index (χ1) is 10.6. The molecule has 0 saturated carbocycles. The van der Waals surface area contributed by atoms with Crippen LogP contribution in [0.4, 0.5) is 4.39 Å². The second kappa shape index (κ2) is 6.59. The van der Waals surface area contributed by atoms with Gasteiger partial charge in [-0.05, 0) is 54.5 Å². The first-order valence-electron chi connectivity index (χ1n) is 7.85. The van der Waals surface area contributed by atoms with Gasteiger partial charge in [-0.2, -0.15) is 0 Å². The lowest BCUT2D eigenvalue weighted by Crippen LogP contribution is -2.41. The average molecular weight is 299 g/mol. The van der Waals surface area contributed by atoms with Crippen molar-refractivity contribution in [3.05, 3.63) is 71.0 Å². The van der Waals surface area contributed by atoms with Gasteiger partial charge in [0.15, 0.2) is 0 Å². The van der Waals surface area contributed by atoms with E-state index in [4.69, 9.17) is 0 Å². The van der Waals surface area contributed by atoms with Crippen molar-refractivity contribution in [3.8, 4) is 0 Å². The van der Waals surface area contributed by atoms with Gasteiger partial charge in [0.05, 0.1) is 0 Å². The number of aliphatic hydroxyl groups excluding tert-OH is 1. The summed E-state index contributed by atoms with van der Waals surface area (Å²) in [6.45, 7) is 3.58. The molecule has 2 nitrogen and oxygen atoms in total. The predicted octanol–water partition coefficient (Wildman–Crippen LogP) is 3.83. The Balaban J connectivity index is 1.67. The van der Waals surface area contributed by atoms with Crippen LogP contribution in [0.15, 0.2) is 48.5 Å². The number of piperidine rings is 1. The molecule has 0 aliphatic carbocycles. The van der Waals surface area contributed by atoms with Gasteiger partial charge in [0, 0.05) is 13.1 Å². The number of likely N-dealkylation sites (tertiary alicyclic amines) is 1. The third kappa shape index (κ3) is 3.37. The standard InChI is InChI=1S/C19H22FNO/c1-14-11-17(20)7-8-18(14)16-9-10-21(19(22)12-16)13-15-5-3-2-4-6-15/h2-8,11,16,19,22H,9-10,12-13H2,1H3. The highest BCUT2D eigenvalue weighted by Crippen LogP contribution is 2.33. The number of hydrogen-bond acceptors (Lipinski definition) is 2. The lowest BCUT2D eigenvalue weighted by molar-refractivity contribution is -0.0361. The molecule has 1 heterocycles. The van der Waals surface area contributed by atoms with Gasteiger partial charge in [-0.15, -0.1) is 0 Å². The van der Waals surface area contributed by atoms with Crippen LogP contribution in [0, 0.1) is 12.7 Å². The van der Waals surface area contributed by atoms with E-state index in [-0.39, 0.29) is 5.82 Å². The second-order valence-corrected chi connectivity index (χ2v) is 6.16. The summed E-state index contributed by atoms with van der Waals surface area (Å²) in [6.07, 6.45) is 1.26. The van der Waals surface area contributed by atoms with Crippen molar-refractivity contribution in [2.45, 2.75) is 38.5 Å². The van der Waals surface area contributed by atoms with Gasteiger partial charge in [-0.25, -0.2) is 4.39 Å². The molecule has 1 fully saturated rings. The summed E-state index contributed by atoms with van der Waals surface area (Å²) in [5.41, 5.74) is 3.37. The lowest BCUT2D eigenvalue weighted by Gasteiger charge is -2.37. The Morgan fingerprint density at radius 3 is 2.64 bits per heavy atom. The van der Waals surface area contributed by atoms with Crippen molar-refractivity contribution in [2.24, 2.45) is 0 Å². The van der Waals surface area contributed by atoms with Crippen LogP contribution in [-0.2, 0) is 6.54 Å². The Hall–Kier alpha value is -1.71. The number of rotatable bonds is 3. The van der Waals surface area contributed by atoms with E-state index in [0.29, 0.717) is 12.3 Å². The average Bonchev–Trinajstić information content (AvgIpc) is 2.50. The molecule has 22 heavy (non-hydrogen) atoms. The number of halogens is 1. The highest BCUT2D eigenvalue weighted by Gasteiger charge is 2.28. The maximum Gasteiger partial charge on any atom is 0.123 e. The Labute approximate surface area is 131 Å². The molecule has 2 aromatic rings. The summed E-state index contributed by atoms with van der Waals surface area (Å²) >= 11 is 0. The second-order valence-electron chi connectivity index (χ2n) is 6.16. The molecule has 2 atom stereocenters. The van der Waals surface area contributed by atoms with Crippen molar-refractivity contribution in [1.29, 1.82) is 0 Å². The van der Waals surface area contributed by atoms with Gasteiger partial charge >= 0.3 is 0 Å². The van der Waals surface area contributed by atoms with E-state index >= 15 is 0 Å². The molecule has 0 spiro atoms. The minimum absolute atomic E-state index is 0.191. The molecule has 116 valence electrons. The van der Waals surface area contributed by atoms with Crippen LogP contribution < -0.4 is 0 Å². The van der Waals surface area contributed by atoms with E-state index in [9.17, 15) is 9.50 Å². The fourth-order valence-corrected chi connectivity index (χ4v) is 3.37. The summed E-state index contributed by atoms with van der Waals surface area (Å²) in [6, 6.07) is 15.2. The van der Waals surface area contributed by atoms with Gasteiger partial charge in [0.2, 0.25) is 0 Å². The van der Waals surface area contributed by atoms with E-state index < -0.39 is 6.23 Å². The molecule has 0 amide bonds. The zero-order chi connectivity index (χ0) is 15.5.